The first-order valence-electron chi connectivity index (χ1n) is 14.6. The lowest BCUT2D eigenvalue weighted by atomic mass is 9.76. The average Bonchev–Trinajstić information content (AvgIpc) is 3.25. The van der Waals surface area contributed by atoms with Crippen molar-refractivity contribution < 1.29 is 9.09 Å². The quantitative estimate of drug-likeness (QED) is 0.0856. The van der Waals surface area contributed by atoms with Gasteiger partial charge in [-0.15, -0.1) is 6.58 Å². The first kappa shape index (κ1) is 29.5. The maximum absolute atomic E-state index is 16.3. The van der Waals surface area contributed by atoms with Crippen LogP contribution in [-0.4, -0.2) is 24.1 Å². The maximum atomic E-state index is 16.3. The molecule has 0 N–H and O–H groups in total. The lowest BCUT2D eigenvalue weighted by molar-refractivity contribution is 0.177. The van der Waals surface area contributed by atoms with Crippen LogP contribution in [-0.2, 0) is 14.6 Å². The van der Waals surface area contributed by atoms with Crippen LogP contribution in [0, 0.1) is 5.92 Å². The van der Waals surface area contributed by atoms with Crippen molar-refractivity contribution in [3.8, 4) is 0 Å². The monoisotopic (exact) mass is 579 g/mol. The first-order chi connectivity index (χ1) is 19.7. The van der Waals surface area contributed by atoms with Gasteiger partial charge in [-0.3, -0.25) is 4.57 Å². The van der Waals surface area contributed by atoms with Crippen LogP contribution in [0.25, 0.3) is 0 Å². The summed E-state index contributed by atoms with van der Waals surface area (Å²) in [6.45, 7) is 15.5. The smallest absolute Gasteiger partial charge is 0.275 e. The van der Waals surface area contributed by atoms with Gasteiger partial charge >= 0.3 is 0 Å². The van der Waals surface area contributed by atoms with E-state index in [1.54, 1.807) is 0 Å². The molecule has 0 radical (unpaired) electrons. The van der Waals surface area contributed by atoms with Gasteiger partial charge in [0, 0.05) is 11.3 Å². The molecule has 4 aromatic carbocycles. The van der Waals surface area contributed by atoms with Crippen molar-refractivity contribution in [3.05, 3.63) is 156 Å². The van der Waals surface area contributed by atoms with E-state index in [0.717, 1.165) is 22.3 Å². The van der Waals surface area contributed by atoms with Gasteiger partial charge in [0.2, 0.25) is 0 Å². The van der Waals surface area contributed by atoms with E-state index in [0.29, 0.717) is 0 Å². The first-order valence-corrected chi connectivity index (χ1v) is 19.8. The van der Waals surface area contributed by atoms with E-state index in [1.807, 2.05) is 42.5 Å². The highest BCUT2D eigenvalue weighted by Gasteiger charge is 2.64. The molecule has 0 bridgehead atoms. The summed E-state index contributed by atoms with van der Waals surface area (Å²) < 4.78 is 25.8. The molecule has 0 spiro atoms. The molecule has 1 saturated heterocycles. The summed E-state index contributed by atoms with van der Waals surface area (Å²) in [6, 6.07) is 41.8. The molecule has 3 nitrogen and oxygen atoms in total. The summed E-state index contributed by atoms with van der Waals surface area (Å²) in [5, 5.41) is -0.167. The number of allylic oxidation sites excluding steroid dienone is 1. The Hall–Kier alpha value is -3.01. The van der Waals surface area contributed by atoms with Crippen molar-refractivity contribution >= 4 is 15.6 Å². The third kappa shape index (κ3) is 5.13. The molecule has 212 valence electrons. The summed E-state index contributed by atoms with van der Waals surface area (Å²) in [4.78, 5) is 0. The summed E-state index contributed by atoms with van der Waals surface area (Å²) in [7, 11) is -5.65. The highest BCUT2D eigenvalue weighted by molar-refractivity contribution is 7.60. The van der Waals surface area contributed by atoms with Crippen LogP contribution in [0.5, 0.6) is 0 Å². The molecular formula is C36H42NO2PSi. The number of hydrogen-bond acceptors (Lipinski definition) is 2. The second-order valence-corrected chi connectivity index (χ2v) is 20.5. The summed E-state index contributed by atoms with van der Waals surface area (Å²) in [5.41, 5.74) is 3.40. The fourth-order valence-corrected chi connectivity index (χ4v) is 16.4. The maximum Gasteiger partial charge on any atom is 0.275 e. The second kappa shape index (κ2) is 11.7. The number of benzene rings is 4. The topological polar surface area (TPSA) is 29.5 Å². The van der Waals surface area contributed by atoms with E-state index < -0.39 is 21.1 Å². The Kier molecular flexibility index (Phi) is 8.41. The van der Waals surface area contributed by atoms with Crippen molar-refractivity contribution in [2.45, 2.75) is 56.5 Å². The van der Waals surface area contributed by atoms with E-state index in [2.05, 4.69) is 130 Å². The van der Waals surface area contributed by atoms with Gasteiger partial charge in [-0.1, -0.05) is 154 Å². The zero-order chi connectivity index (χ0) is 29.3. The normalized spacial score (nSPS) is 23.1. The van der Waals surface area contributed by atoms with Gasteiger partial charge in [0.15, 0.2) is 0 Å². The predicted octanol–water partition coefficient (Wildman–Crippen LogP) is 9.70. The molecule has 0 aromatic heterocycles. The van der Waals surface area contributed by atoms with Crippen molar-refractivity contribution in [3.63, 3.8) is 0 Å². The predicted molar refractivity (Wildman–Crippen MR) is 175 cm³/mol. The summed E-state index contributed by atoms with van der Waals surface area (Å²) >= 11 is 0. The molecule has 41 heavy (non-hydrogen) atoms. The molecule has 0 amide bonds. The zero-order valence-corrected chi connectivity index (χ0v) is 26.7. The lowest BCUT2D eigenvalue weighted by Gasteiger charge is -2.50. The van der Waals surface area contributed by atoms with Crippen molar-refractivity contribution in [2.75, 3.05) is 0 Å². The Labute approximate surface area is 247 Å². The van der Waals surface area contributed by atoms with Gasteiger partial charge in [-0.2, -0.15) is 0 Å². The standard InChI is InChI=1S/C36H42NO2PSi/c1-7-28(2)35(41(4,5)6)40(38)37(29(3)34(39-40)30-20-12-8-13-21-30)36(31-22-14-9-15-23-31,32-24-16-10-17-25-32)33-26-18-11-19-27-33/h7-29,34-35H,1H2,2-6H3/t28-,29+,34+,35?,40?/m1/s1. The fraction of sp³-hybridized carbons (Fsp3) is 0.278. The Bertz CT molecular complexity index is 1390. The van der Waals surface area contributed by atoms with Crippen LogP contribution < -0.4 is 0 Å². The number of nitrogens with zero attached hydrogens (tertiary/aromatic N) is 1. The summed E-state index contributed by atoms with van der Waals surface area (Å²) in [5.74, 6) is 0.0109. The van der Waals surface area contributed by atoms with Crippen molar-refractivity contribution in [1.82, 2.24) is 4.67 Å². The van der Waals surface area contributed by atoms with Gasteiger partial charge in [0.1, 0.15) is 11.6 Å². The Balaban J connectivity index is 1.92. The minimum atomic E-state index is -3.56. The Morgan fingerprint density at radius 1 is 0.780 bits per heavy atom. The van der Waals surface area contributed by atoms with E-state index in [9.17, 15) is 0 Å². The molecule has 4 aromatic rings. The third-order valence-corrected chi connectivity index (χ3v) is 17.1. The van der Waals surface area contributed by atoms with Crippen LogP contribution in [0.3, 0.4) is 0 Å². The largest absolute Gasteiger partial charge is 0.307 e. The minimum Gasteiger partial charge on any atom is -0.307 e. The molecule has 1 heterocycles. The molecule has 5 atom stereocenters. The van der Waals surface area contributed by atoms with Crippen LogP contribution in [0.1, 0.15) is 42.2 Å². The Morgan fingerprint density at radius 2 is 1.17 bits per heavy atom. The zero-order valence-electron chi connectivity index (χ0n) is 24.9. The molecular weight excluding hydrogens is 537 g/mol. The second-order valence-electron chi connectivity index (χ2n) is 12.3. The van der Waals surface area contributed by atoms with Gasteiger partial charge in [0.05, 0.1) is 8.07 Å². The number of rotatable bonds is 9. The molecule has 5 rings (SSSR count). The van der Waals surface area contributed by atoms with Crippen LogP contribution in [0.15, 0.2) is 134 Å². The van der Waals surface area contributed by atoms with Gasteiger partial charge in [-0.05, 0) is 35.1 Å². The Morgan fingerprint density at radius 3 is 1.54 bits per heavy atom. The van der Waals surface area contributed by atoms with Gasteiger partial charge < -0.3 is 4.52 Å². The van der Waals surface area contributed by atoms with Crippen LogP contribution >= 0.6 is 7.52 Å². The molecule has 1 fully saturated rings. The number of hydrogen-bond donors (Lipinski definition) is 0. The molecule has 0 aliphatic carbocycles. The molecule has 1 aliphatic rings. The highest BCUT2D eigenvalue weighted by atomic mass is 31.2. The van der Waals surface area contributed by atoms with Crippen molar-refractivity contribution in [1.29, 1.82) is 0 Å². The third-order valence-electron chi connectivity index (χ3n) is 8.54. The van der Waals surface area contributed by atoms with Gasteiger partial charge in [0.25, 0.3) is 7.52 Å². The van der Waals surface area contributed by atoms with E-state index in [4.69, 9.17) is 4.52 Å². The molecule has 5 heteroatoms. The van der Waals surface area contributed by atoms with E-state index in [1.165, 1.54) is 0 Å². The van der Waals surface area contributed by atoms with E-state index in [-0.39, 0.29) is 23.3 Å². The summed E-state index contributed by atoms with van der Waals surface area (Å²) in [6.07, 6.45) is 1.62. The highest BCUT2D eigenvalue weighted by Crippen LogP contribution is 2.73. The SMILES string of the molecule is C=C[C@@H](C)C([Si](C)(C)C)P1(=O)O[C@H](c2ccccc2)[C@H](C)N1C(c1ccccc1)(c1ccccc1)c1ccccc1. The van der Waals surface area contributed by atoms with Gasteiger partial charge in [-0.25, -0.2) is 4.67 Å². The molecule has 2 unspecified atom stereocenters. The molecule has 0 saturated carbocycles. The van der Waals surface area contributed by atoms with E-state index >= 15 is 4.57 Å². The average molecular weight is 580 g/mol. The fourth-order valence-electron chi connectivity index (χ4n) is 7.02. The minimum absolute atomic E-state index is 0.0109. The molecule has 1 aliphatic heterocycles. The van der Waals surface area contributed by atoms with Crippen LogP contribution in [0.4, 0.5) is 0 Å². The van der Waals surface area contributed by atoms with Crippen LogP contribution in [0.2, 0.25) is 19.6 Å². The lowest BCUT2D eigenvalue weighted by Crippen LogP contribution is -2.53. The van der Waals surface area contributed by atoms with Crippen molar-refractivity contribution in [2.24, 2.45) is 5.92 Å².